The summed E-state index contributed by atoms with van der Waals surface area (Å²) in [6.45, 7) is 4.04. The molecule has 7 nitrogen and oxygen atoms in total. The van der Waals surface area contributed by atoms with Gasteiger partial charge in [0.05, 0.1) is 27.8 Å². The lowest BCUT2D eigenvalue weighted by Crippen LogP contribution is -2.24. The summed E-state index contributed by atoms with van der Waals surface area (Å²) < 4.78 is 1.49. The highest BCUT2D eigenvalue weighted by Crippen LogP contribution is 2.33. The van der Waals surface area contributed by atoms with Crippen molar-refractivity contribution in [3.63, 3.8) is 0 Å². The number of amides is 1. The van der Waals surface area contributed by atoms with E-state index < -0.39 is 5.91 Å². The minimum Gasteiger partial charge on any atom is -0.321 e. The maximum absolute atomic E-state index is 13.2. The van der Waals surface area contributed by atoms with Crippen LogP contribution in [-0.4, -0.2) is 27.0 Å². The number of ketones is 2. The number of carbonyl (C=O) groups is 3. The van der Waals surface area contributed by atoms with E-state index in [4.69, 9.17) is 0 Å². The number of benzene rings is 2. The molecule has 0 radical (unpaired) electrons. The third-order valence-corrected chi connectivity index (χ3v) is 6.86. The van der Waals surface area contributed by atoms with Crippen molar-refractivity contribution in [1.29, 1.82) is 0 Å². The number of thiophene rings is 1. The molecule has 0 bridgehead atoms. The van der Waals surface area contributed by atoms with Gasteiger partial charge in [0.25, 0.3) is 11.5 Å². The fourth-order valence-electron chi connectivity index (χ4n) is 4.03. The Morgan fingerprint density at radius 2 is 1.69 bits per heavy atom. The fourth-order valence-corrected chi connectivity index (χ4v) is 5.06. The maximum Gasteiger partial charge on any atom is 0.266 e. The summed E-state index contributed by atoms with van der Waals surface area (Å²) in [6, 6.07) is 11.5. The van der Waals surface area contributed by atoms with Crippen LogP contribution in [-0.2, 0) is 6.54 Å². The van der Waals surface area contributed by atoms with Gasteiger partial charge in [0.1, 0.15) is 4.83 Å². The second-order valence-corrected chi connectivity index (χ2v) is 8.46. The van der Waals surface area contributed by atoms with E-state index in [1.54, 1.807) is 49.4 Å². The molecule has 0 atom stereocenters. The standard InChI is InChI=1S/C24H17N3O4S/c1-3-27-11-25-23-17(24(27)31)12(2)21(32-23)22(30)26-16-10-6-9-15-18(16)20(29)14-8-5-4-7-13(14)19(15)28/h4-11H,3H2,1-2H3,(H,26,30). The van der Waals surface area contributed by atoms with Gasteiger partial charge in [-0.15, -0.1) is 11.3 Å². The molecule has 32 heavy (non-hydrogen) atoms. The number of fused-ring (bicyclic) bond motifs is 3. The summed E-state index contributed by atoms with van der Waals surface area (Å²) in [5.41, 5.74) is 1.71. The molecule has 0 saturated heterocycles. The van der Waals surface area contributed by atoms with E-state index in [9.17, 15) is 19.2 Å². The zero-order valence-corrected chi connectivity index (χ0v) is 18.1. The number of hydrogen-bond donors (Lipinski definition) is 1. The summed E-state index contributed by atoms with van der Waals surface area (Å²) in [6.07, 6.45) is 1.47. The van der Waals surface area contributed by atoms with Crippen molar-refractivity contribution in [1.82, 2.24) is 9.55 Å². The van der Waals surface area contributed by atoms with Gasteiger partial charge in [0, 0.05) is 23.2 Å². The van der Waals surface area contributed by atoms with Gasteiger partial charge < -0.3 is 5.32 Å². The minimum atomic E-state index is -0.458. The number of rotatable bonds is 3. The first-order valence-electron chi connectivity index (χ1n) is 10.0. The van der Waals surface area contributed by atoms with Crippen LogP contribution in [0.1, 0.15) is 54.0 Å². The van der Waals surface area contributed by atoms with E-state index in [0.717, 1.165) is 11.3 Å². The van der Waals surface area contributed by atoms with Crippen molar-refractivity contribution >= 4 is 44.7 Å². The van der Waals surface area contributed by atoms with Gasteiger partial charge in [-0.25, -0.2) is 4.98 Å². The van der Waals surface area contributed by atoms with Gasteiger partial charge in [-0.1, -0.05) is 36.4 Å². The highest BCUT2D eigenvalue weighted by molar-refractivity contribution is 7.20. The van der Waals surface area contributed by atoms with Crippen LogP contribution in [0.4, 0.5) is 5.69 Å². The lowest BCUT2D eigenvalue weighted by Gasteiger charge is -2.20. The van der Waals surface area contributed by atoms with E-state index in [1.807, 2.05) is 6.92 Å². The van der Waals surface area contributed by atoms with E-state index in [0.29, 0.717) is 38.3 Å². The molecule has 0 aliphatic heterocycles. The smallest absolute Gasteiger partial charge is 0.266 e. The Hall–Kier alpha value is -3.91. The summed E-state index contributed by atoms with van der Waals surface area (Å²) in [4.78, 5) is 57.0. The quantitative estimate of drug-likeness (QED) is 0.457. The Morgan fingerprint density at radius 3 is 2.41 bits per heavy atom. The molecule has 4 aromatic rings. The topological polar surface area (TPSA) is 98.1 Å². The molecule has 2 aromatic carbocycles. The molecule has 2 aromatic heterocycles. The van der Waals surface area contributed by atoms with Crippen LogP contribution in [0, 0.1) is 6.92 Å². The molecular formula is C24H17N3O4S. The average Bonchev–Trinajstić information content (AvgIpc) is 3.15. The average molecular weight is 443 g/mol. The molecule has 1 aliphatic rings. The highest BCUT2D eigenvalue weighted by Gasteiger charge is 2.32. The van der Waals surface area contributed by atoms with Crippen molar-refractivity contribution in [3.8, 4) is 0 Å². The first kappa shape index (κ1) is 20.0. The predicted octanol–water partition coefficient (Wildman–Crippen LogP) is 3.81. The van der Waals surface area contributed by atoms with Crippen LogP contribution in [0.5, 0.6) is 0 Å². The summed E-state index contributed by atoms with van der Waals surface area (Å²) in [7, 11) is 0. The summed E-state index contributed by atoms with van der Waals surface area (Å²) in [5.74, 6) is -1.03. The molecule has 1 aliphatic carbocycles. The van der Waals surface area contributed by atoms with E-state index in [1.165, 1.54) is 10.9 Å². The molecule has 158 valence electrons. The van der Waals surface area contributed by atoms with Crippen LogP contribution in [0.25, 0.3) is 10.2 Å². The van der Waals surface area contributed by atoms with E-state index in [-0.39, 0.29) is 33.9 Å². The predicted molar refractivity (Wildman–Crippen MR) is 122 cm³/mol. The largest absolute Gasteiger partial charge is 0.321 e. The lowest BCUT2D eigenvalue weighted by molar-refractivity contribution is 0.0978. The summed E-state index contributed by atoms with van der Waals surface area (Å²) >= 11 is 1.12. The van der Waals surface area contributed by atoms with E-state index >= 15 is 0 Å². The minimum absolute atomic E-state index is 0.176. The van der Waals surface area contributed by atoms with Crippen molar-refractivity contribution in [3.05, 3.63) is 91.8 Å². The third kappa shape index (κ3) is 2.84. The number of anilines is 1. The molecule has 5 rings (SSSR count). The fraction of sp³-hybridized carbons (Fsp3) is 0.125. The summed E-state index contributed by atoms with van der Waals surface area (Å²) in [5, 5.41) is 3.20. The normalized spacial score (nSPS) is 12.6. The molecule has 1 amide bonds. The number of aryl methyl sites for hydroxylation is 2. The van der Waals surface area contributed by atoms with Crippen LogP contribution in [0.15, 0.2) is 53.6 Å². The van der Waals surface area contributed by atoms with Crippen molar-refractivity contribution in [2.24, 2.45) is 0 Å². The van der Waals surface area contributed by atoms with Crippen LogP contribution in [0.2, 0.25) is 0 Å². The van der Waals surface area contributed by atoms with Gasteiger partial charge in [-0.3, -0.25) is 23.7 Å². The Balaban J connectivity index is 1.58. The number of nitrogens with one attached hydrogen (secondary N) is 1. The zero-order chi connectivity index (χ0) is 22.6. The van der Waals surface area contributed by atoms with Crippen molar-refractivity contribution in [2.45, 2.75) is 20.4 Å². The Morgan fingerprint density at radius 1 is 1.00 bits per heavy atom. The Labute approximate surface area is 186 Å². The molecular weight excluding hydrogens is 426 g/mol. The lowest BCUT2D eigenvalue weighted by atomic mass is 9.83. The van der Waals surface area contributed by atoms with Gasteiger partial charge in [0.15, 0.2) is 11.6 Å². The van der Waals surface area contributed by atoms with Gasteiger partial charge in [-0.05, 0) is 25.5 Å². The van der Waals surface area contributed by atoms with E-state index in [2.05, 4.69) is 10.3 Å². The molecule has 2 heterocycles. The van der Waals surface area contributed by atoms with Gasteiger partial charge in [-0.2, -0.15) is 0 Å². The van der Waals surface area contributed by atoms with Gasteiger partial charge in [0.2, 0.25) is 0 Å². The maximum atomic E-state index is 13.2. The monoisotopic (exact) mass is 443 g/mol. The van der Waals surface area contributed by atoms with Crippen LogP contribution in [0.3, 0.4) is 0 Å². The number of carbonyl (C=O) groups excluding carboxylic acids is 3. The molecule has 1 N–H and O–H groups in total. The number of hydrogen-bond acceptors (Lipinski definition) is 6. The molecule has 0 fully saturated rings. The molecule has 0 unspecified atom stereocenters. The van der Waals surface area contributed by atoms with Crippen molar-refractivity contribution < 1.29 is 14.4 Å². The zero-order valence-electron chi connectivity index (χ0n) is 17.3. The molecule has 0 spiro atoms. The Kier molecular flexibility index (Phi) is 4.60. The second-order valence-electron chi connectivity index (χ2n) is 7.46. The third-order valence-electron chi connectivity index (χ3n) is 5.66. The molecule has 0 saturated carbocycles. The first-order chi connectivity index (χ1) is 15.4. The second kappa shape index (κ2) is 7.35. The van der Waals surface area contributed by atoms with Crippen LogP contribution < -0.4 is 10.9 Å². The SMILES string of the molecule is CCn1cnc2sc(C(=O)Nc3cccc4c3C(=O)c3ccccc3C4=O)c(C)c2c1=O. The number of nitrogens with zero attached hydrogens (tertiary/aromatic N) is 2. The van der Waals surface area contributed by atoms with Gasteiger partial charge >= 0.3 is 0 Å². The van der Waals surface area contributed by atoms with Crippen LogP contribution >= 0.6 is 11.3 Å². The highest BCUT2D eigenvalue weighted by atomic mass is 32.1. The first-order valence-corrected chi connectivity index (χ1v) is 10.8. The Bertz CT molecular complexity index is 1530. The van der Waals surface area contributed by atoms with Crippen molar-refractivity contribution in [2.75, 3.05) is 5.32 Å². The molecule has 8 heteroatoms. The number of aromatic nitrogens is 2.